The first kappa shape index (κ1) is 16.1. The minimum absolute atomic E-state index is 0.157. The van der Waals surface area contributed by atoms with Crippen molar-refractivity contribution in [2.24, 2.45) is 0 Å². The van der Waals surface area contributed by atoms with Crippen LogP contribution in [-0.2, 0) is 4.74 Å². The molecule has 1 rings (SSSR count). The Labute approximate surface area is 108 Å². The molecule has 0 unspecified atom stereocenters. The zero-order valence-electron chi connectivity index (χ0n) is 9.80. The molecule has 10 heteroatoms. The highest BCUT2D eigenvalue weighted by atomic mass is 19.4. The number of esters is 1. The van der Waals surface area contributed by atoms with Crippen molar-refractivity contribution in [2.75, 3.05) is 6.61 Å². The van der Waals surface area contributed by atoms with Gasteiger partial charge in [-0.2, -0.15) is 4.39 Å². The van der Waals surface area contributed by atoms with Gasteiger partial charge in [0.1, 0.15) is 0 Å². The summed E-state index contributed by atoms with van der Waals surface area (Å²) in [7, 11) is 0. The van der Waals surface area contributed by atoms with E-state index >= 15 is 0 Å². The first-order chi connectivity index (χ1) is 9.17. The second-order valence-electron chi connectivity index (χ2n) is 3.28. The van der Waals surface area contributed by atoms with Gasteiger partial charge in [-0.3, -0.25) is 0 Å². The summed E-state index contributed by atoms with van der Waals surface area (Å²) in [6.45, 7) is 0.993. The summed E-state index contributed by atoms with van der Waals surface area (Å²) >= 11 is 0. The standard InChI is InChI=1S/C10H7F6NO3/c1-2-19-9(18)5-6(20-10(14,15)16)4(7(11)12)3-17-8(5)13/h3,7H,2H2,1H3. The highest BCUT2D eigenvalue weighted by Crippen LogP contribution is 2.36. The number of hydrogen-bond acceptors (Lipinski definition) is 4. The van der Waals surface area contributed by atoms with Crippen LogP contribution >= 0.6 is 0 Å². The first-order valence-corrected chi connectivity index (χ1v) is 5.06. The fraction of sp³-hybridized carbons (Fsp3) is 0.400. The van der Waals surface area contributed by atoms with Crippen molar-refractivity contribution in [3.63, 3.8) is 0 Å². The summed E-state index contributed by atoms with van der Waals surface area (Å²) < 4.78 is 82.7. The Balaban J connectivity index is 3.45. The average molecular weight is 303 g/mol. The molecular formula is C10H7F6NO3. The third-order valence-electron chi connectivity index (χ3n) is 1.94. The van der Waals surface area contributed by atoms with Gasteiger partial charge in [0.15, 0.2) is 11.3 Å². The lowest BCUT2D eigenvalue weighted by molar-refractivity contribution is -0.275. The number of nitrogens with zero attached hydrogens (tertiary/aromatic N) is 1. The average Bonchev–Trinajstić information content (AvgIpc) is 2.26. The lowest BCUT2D eigenvalue weighted by Crippen LogP contribution is -2.22. The van der Waals surface area contributed by atoms with Gasteiger partial charge in [0, 0.05) is 6.20 Å². The van der Waals surface area contributed by atoms with Gasteiger partial charge < -0.3 is 9.47 Å². The summed E-state index contributed by atoms with van der Waals surface area (Å²) in [4.78, 5) is 14.2. The van der Waals surface area contributed by atoms with Crippen molar-refractivity contribution >= 4 is 5.97 Å². The molecule has 0 saturated heterocycles. The van der Waals surface area contributed by atoms with Crippen LogP contribution in [0.5, 0.6) is 5.75 Å². The van der Waals surface area contributed by atoms with Crippen LogP contribution in [0.25, 0.3) is 0 Å². The number of carbonyl (C=O) groups is 1. The number of ether oxygens (including phenoxy) is 2. The molecule has 0 aliphatic rings. The maximum absolute atomic E-state index is 13.3. The summed E-state index contributed by atoms with van der Waals surface area (Å²) in [5.74, 6) is -4.94. The van der Waals surface area contributed by atoms with Gasteiger partial charge in [0.2, 0.25) is 5.95 Å². The van der Waals surface area contributed by atoms with E-state index in [1.54, 1.807) is 0 Å². The Morgan fingerprint density at radius 3 is 2.45 bits per heavy atom. The van der Waals surface area contributed by atoms with Crippen LogP contribution in [0.1, 0.15) is 29.3 Å². The van der Waals surface area contributed by atoms with Crippen LogP contribution in [0.3, 0.4) is 0 Å². The fourth-order valence-corrected chi connectivity index (χ4v) is 1.25. The van der Waals surface area contributed by atoms with E-state index in [0.717, 1.165) is 0 Å². The lowest BCUT2D eigenvalue weighted by Gasteiger charge is -2.16. The normalized spacial score (nSPS) is 11.6. The number of alkyl halides is 5. The monoisotopic (exact) mass is 303 g/mol. The minimum atomic E-state index is -5.39. The molecule has 1 aromatic rings. The van der Waals surface area contributed by atoms with Crippen molar-refractivity contribution in [1.29, 1.82) is 0 Å². The molecule has 0 radical (unpaired) electrons. The molecule has 0 amide bonds. The predicted octanol–water partition coefficient (Wildman–Crippen LogP) is 3.23. The highest BCUT2D eigenvalue weighted by molar-refractivity contribution is 5.93. The van der Waals surface area contributed by atoms with Gasteiger partial charge in [-0.05, 0) is 6.92 Å². The van der Waals surface area contributed by atoms with E-state index in [9.17, 15) is 31.1 Å². The number of rotatable bonds is 4. The van der Waals surface area contributed by atoms with E-state index in [2.05, 4.69) is 14.5 Å². The molecule has 1 heterocycles. The van der Waals surface area contributed by atoms with Crippen molar-refractivity contribution in [3.8, 4) is 5.75 Å². The maximum Gasteiger partial charge on any atom is 0.573 e. The van der Waals surface area contributed by atoms with Crippen LogP contribution in [-0.4, -0.2) is 23.9 Å². The van der Waals surface area contributed by atoms with Crippen LogP contribution in [0.2, 0.25) is 0 Å². The van der Waals surface area contributed by atoms with Gasteiger partial charge in [-0.1, -0.05) is 0 Å². The Bertz CT molecular complexity index is 503. The number of hydrogen-bond donors (Lipinski definition) is 0. The van der Waals surface area contributed by atoms with E-state index in [-0.39, 0.29) is 12.8 Å². The topological polar surface area (TPSA) is 48.4 Å². The minimum Gasteiger partial charge on any atom is -0.462 e. The number of aromatic nitrogens is 1. The van der Waals surface area contributed by atoms with Gasteiger partial charge in [-0.25, -0.2) is 18.6 Å². The molecule has 0 spiro atoms. The van der Waals surface area contributed by atoms with Gasteiger partial charge >= 0.3 is 12.3 Å². The molecule has 0 N–H and O–H groups in total. The summed E-state index contributed by atoms with van der Waals surface area (Å²) in [5.41, 5.74) is -2.80. The van der Waals surface area contributed by atoms with E-state index in [4.69, 9.17) is 0 Å². The van der Waals surface area contributed by atoms with Crippen molar-refractivity contribution < 1.29 is 40.6 Å². The SMILES string of the molecule is CCOC(=O)c1c(F)ncc(C(F)F)c1OC(F)(F)F. The molecule has 0 aliphatic carbocycles. The lowest BCUT2D eigenvalue weighted by atomic mass is 10.1. The summed E-state index contributed by atoms with van der Waals surface area (Å²) in [5, 5.41) is 0. The van der Waals surface area contributed by atoms with Crippen molar-refractivity contribution in [1.82, 2.24) is 4.98 Å². The molecule has 1 aromatic heterocycles. The van der Waals surface area contributed by atoms with Crippen LogP contribution in [0.4, 0.5) is 26.3 Å². The Morgan fingerprint density at radius 2 is 2.00 bits per heavy atom. The van der Waals surface area contributed by atoms with Crippen LogP contribution in [0.15, 0.2) is 6.20 Å². The summed E-state index contributed by atoms with van der Waals surface area (Å²) in [6.07, 6.45) is -8.68. The molecule has 0 aromatic carbocycles. The van der Waals surface area contributed by atoms with Crippen LogP contribution in [0, 0.1) is 5.95 Å². The quantitative estimate of drug-likeness (QED) is 0.487. The molecule has 20 heavy (non-hydrogen) atoms. The zero-order chi connectivity index (χ0) is 15.5. The van der Waals surface area contributed by atoms with E-state index < -0.39 is 41.6 Å². The van der Waals surface area contributed by atoms with Crippen molar-refractivity contribution in [3.05, 3.63) is 23.3 Å². The molecule has 0 aliphatic heterocycles. The van der Waals surface area contributed by atoms with Gasteiger partial charge in [-0.15, -0.1) is 13.2 Å². The molecule has 0 atom stereocenters. The van der Waals surface area contributed by atoms with Gasteiger partial charge in [0.25, 0.3) is 6.43 Å². The third kappa shape index (κ3) is 3.75. The molecule has 4 nitrogen and oxygen atoms in total. The molecule has 0 saturated carbocycles. The Hall–Kier alpha value is -2.00. The Morgan fingerprint density at radius 1 is 1.40 bits per heavy atom. The zero-order valence-corrected chi connectivity index (χ0v) is 9.80. The Kier molecular flexibility index (Phi) is 4.79. The molecule has 0 fully saturated rings. The number of halogens is 6. The van der Waals surface area contributed by atoms with E-state index in [0.29, 0.717) is 0 Å². The second-order valence-corrected chi connectivity index (χ2v) is 3.28. The van der Waals surface area contributed by atoms with E-state index in [1.165, 1.54) is 6.92 Å². The molecule has 112 valence electrons. The smallest absolute Gasteiger partial charge is 0.462 e. The first-order valence-electron chi connectivity index (χ1n) is 5.06. The highest BCUT2D eigenvalue weighted by Gasteiger charge is 2.37. The predicted molar refractivity (Wildman–Crippen MR) is 51.8 cm³/mol. The summed E-state index contributed by atoms with van der Waals surface area (Å²) in [6, 6.07) is 0. The van der Waals surface area contributed by atoms with E-state index in [1.807, 2.05) is 0 Å². The number of carbonyl (C=O) groups excluding carboxylic acids is 1. The second kappa shape index (κ2) is 5.97. The molecule has 0 bridgehead atoms. The number of pyridine rings is 1. The maximum atomic E-state index is 13.3. The van der Waals surface area contributed by atoms with Gasteiger partial charge in [0.05, 0.1) is 12.2 Å². The fourth-order valence-electron chi connectivity index (χ4n) is 1.25. The van der Waals surface area contributed by atoms with Crippen LogP contribution < -0.4 is 4.74 Å². The van der Waals surface area contributed by atoms with Crippen molar-refractivity contribution in [2.45, 2.75) is 19.7 Å². The largest absolute Gasteiger partial charge is 0.573 e. The molecular weight excluding hydrogens is 296 g/mol. The third-order valence-corrected chi connectivity index (χ3v) is 1.94.